The molecule has 2 aliphatic rings. The number of fused-ring (bicyclic) bond motifs is 16. The number of benzene rings is 17. The van der Waals surface area contributed by atoms with Gasteiger partial charge < -0.3 is 28.1 Å². The van der Waals surface area contributed by atoms with Crippen molar-refractivity contribution in [3.8, 4) is 67.3 Å². The summed E-state index contributed by atoms with van der Waals surface area (Å²) in [5.41, 5.74) is 33.9. The SMILES string of the molecule is [2H]c1c([2H])c([2H])c2c(c1[2H])c1cc(-n3c4ccccc4c4ccccc43)ccc1n2-c1cc2c3c(c1)N(c1c(-c4ccccc4)cc(C(C)(C)C)cc1-c1ccccc1)c1cc(-n4c5ccc(C(C)(C)C)cc5c5cc(C(C)(C)C)ccc54)ccc1B3c1ccc(-n3c4ccc(C(C)(C)C)cc4c4cc(C(C)(C)C)ccc43)cc1N2c1cc(-c2ccccc2)cc(-c2ccccc2)c1. The molecule has 21 aromatic rings. The molecule has 2 aliphatic heterocycles. The third-order valence-corrected chi connectivity index (χ3v) is 27.8. The van der Waals surface area contributed by atoms with E-state index >= 15 is 0 Å². The molecule has 0 saturated carbocycles. The van der Waals surface area contributed by atoms with E-state index in [1.165, 1.54) is 49.4 Å². The van der Waals surface area contributed by atoms with E-state index < -0.39 is 6.71 Å². The third kappa shape index (κ3) is 12.9. The van der Waals surface area contributed by atoms with Crippen molar-refractivity contribution in [1.82, 2.24) is 18.3 Å². The van der Waals surface area contributed by atoms with Crippen molar-refractivity contribution in [2.75, 3.05) is 9.80 Å². The second-order valence-electron chi connectivity index (χ2n) is 41.1. The first-order valence-electron chi connectivity index (χ1n) is 47.6. The number of rotatable bonds is 10. The highest BCUT2D eigenvalue weighted by molar-refractivity contribution is 7.00. The van der Waals surface area contributed by atoms with Crippen LogP contribution >= 0.6 is 0 Å². The maximum atomic E-state index is 10.7. The Labute approximate surface area is 762 Å². The van der Waals surface area contributed by atoms with Gasteiger partial charge in [-0.05, 0) is 256 Å². The molecule has 0 bridgehead atoms. The van der Waals surface area contributed by atoms with Crippen LogP contribution in [0.3, 0.4) is 0 Å². The summed E-state index contributed by atoms with van der Waals surface area (Å²) in [6, 6.07) is 126. The molecule has 17 aromatic carbocycles. The van der Waals surface area contributed by atoms with Crippen molar-refractivity contribution in [2.45, 2.75) is 131 Å². The number of aromatic nitrogens is 4. The number of hydrogen-bond donors (Lipinski definition) is 0. The fraction of sp³-hybridized carbons (Fsp3) is 0.164. The molecule has 0 atom stereocenters. The van der Waals surface area contributed by atoms with Gasteiger partial charge in [0.1, 0.15) is 0 Å². The van der Waals surface area contributed by atoms with Crippen molar-refractivity contribution in [2.24, 2.45) is 0 Å². The lowest BCUT2D eigenvalue weighted by Gasteiger charge is -2.45. The van der Waals surface area contributed by atoms with Crippen molar-refractivity contribution in [1.29, 1.82) is 0 Å². The van der Waals surface area contributed by atoms with E-state index in [1.807, 2.05) is 0 Å². The zero-order valence-corrected chi connectivity index (χ0v) is 76.1. The largest absolute Gasteiger partial charge is 0.311 e. The Balaban J connectivity index is 0.918. The zero-order valence-electron chi connectivity index (χ0n) is 80.1. The topological polar surface area (TPSA) is 26.2 Å². The van der Waals surface area contributed by atoms with E-state index in [2.05, 4.69) is 472 Å². The molecule has 7 heteroatoms. The Morgan fingerprint density at radius 1 is 0.217 bits per heavy atom. The molecular formula is C122H105BN6. The number of anilines is 6. The first kappa shape index (κ1) is 74.8. The Hall–Kier alpha value is -14.4. The minimum absolute atomic E-state index is 0.113. The van der Waals surface area contributed by atoms with Gasteiger partial charge in [0.25, 0.3) is 6.71 Å². The van der Waals surface area contributed by atoms with Gasteiger partial charge in [0.05, 0.1) is 61.0 Å². The molecule has 4 aromatic heterocycles. The van der Waals surface area contributed by atoms with Crippen LogP contribution in [0.5, 0.6) is 0 Å². The standard InChI is InChI=1S/C122H105BN6/c1-118(2,3)82-48-57-107-97(65-82)98-66-83(119(4,5)6)49-58-108(98)125(107)88-52-55-102-112(72-88)128(90-63-80(76-34-20-16-21-35-76)62-81(64-90)77-36-22-17-23-37-77)114-74-91(127-106-47-33-30-44-94(106)101-71-87(54-61-111(101)127)124-104-45-31-28-42-92(104)93-43-29-32-46-105(93)124)75-115-116(114)123(102)103-56-53-89(126-109-59-50-84(120(7,8)9)67-99(109)100-68-85(121(10,11)12)51-60-110(100)126)73-113(103)129(115)117-95(78-38-24-18-25-39-78)69-86(122(13,14)15)70-96(117)79-40-26-19-27-41-79/h16-75H,1-15H3/i30D,33D,44D,47D. The number of nitrogens with zero attached hydrogens (tertiary/aromatic N) is 6. The van der Waals surface area contributed by atoms with E-state index in [1.54, 1.807) is 0 Å². The minimum Gasteiger partial charge on any atom is -0.311 e. The van der Waals surface area contributed by atoms with Crippen LogP contribution < -0.4 is 26.2 Å². The third-order valence-electron chi connectivity index (χ3n) is 27.8. The van der Waals surface area contributed by atoms with Crippen molar-refractivity contribution >= 4 is 144 Å². The lowest BCUT2D eigenvalue weighted by atomic mass is 9.33. The van der Waals surface area contributed by atoms with Crippen molar-refractivity contribution in [3.63, 3.8) is 0 Å². The van der Waals surface area contributed by atoms with Crippen LogP contribution in [0.25, 0.3) is 154 Å². The maximum Gasteiger partial charge on any atom is 0.252 e. The minimum atomic E-state index is -0.465. The quantitative estimate of drug-likeness (QED) is 0.128. The van der Waals surface area contributed by atoms with Gasteiger partial charge >= 0.3 is 0 Å². The smallest absolute Gasteiger partial charge is 0.252 e. The summed E-state index contributed by atoms with van der Waals surface area (Å²) in [7, 11) is 0. The average Bonchev–Trinajstić information content (AvgIpc) is 1.57. The van der Waals surface area contributed by atoms with E-state index in [4.69, 9.17) is 0 Å². The summed E-state index contributed by atoms with van der Waals surface area (Å²) >= 11 is 0. The van der Waals surface area contributed by atoms with Crippen LogP contribution in [0.4, 0.5) is 34.1 Å². The Bertz CT molecular complexity index is 8130. The molecule has 0 spiro atoms. The lowest BCUT2D eigenvalue weighted by molar-refractivity contribution is 0.590. The molecule has 0 N–H and O–H groups in total. The van der Waals surface area contributed by atoms with Gasteiger partial charge in [-0.25, -0.2) is 0 Å². The number of para-hydroxylation sites is 3. The highest BCUT2D eigenvalue weighted by Gasteiger charge is 2.46. The second-order valence-corrected chi connectivity index (χ2v) is 41.1. The van der Waals surface area contributed by atoms with Crippen LogP contribution in [0, 0.1) is 0 Å². The monoisotopic (exact) mass is 1670 g/mol. The van der Waals surface area contributed by atoms with Crippen molar-refractivity contribution in [3.05, 3.63) is 392 Å². The summed E-state index contributed by atoms with van der Waals surface area (Å²) < 4.78 is 50.4. The van der Waals surface area contributed by atoms with Crippen LogP contribution in [0.2, 0.25) is 0 Å². The number of hydrogen-bond acceptors (Lipinski definition) is 2. The Morgan fingerprint density at radius 3 is 0.961 bits per heavy atom. The Kier molecular flexibility index (Phi) is 16.9. The molecule has 626 valence electrons. The summed E-state index contributed by atoms with van der Waals surface area (Å²) in [6.45, 7) is 34.3. The predicted octanol–water partition coefficient (Wildman–Crippen LogP) is 31.3. The van der Waals surface area contributed by atoms with E-state index in [9.17, 15) is 5.48 Å². The van der Waals surface area contributed by atoms with Gasteiger partial charge in [0, 0.05) is 99.7 Å². The molecule has 6 nitrogen and oxygen atoms in total. The van der Waals surface area contributed by atoms with Gasteiger partial charge in [-0.15, -0.1) is 0 Å². The van der Waals surface area contributed by atoms with E-state index in [0.29, 0.717) is 22.0 Å². The molecule has 0 unspecified atom stereocenters. The summed E-state index contributed by atoms with van der Waals surface area (Å²) in [6.07, 6.45) is 0. The normalized spacial score (nSPS) is 13.6. The van der Waals surface area contributed by atoms with Crippen LogP contribution in [-0.4, -0.2) is 25.0 Å². The summed E-state index contributed by atoms with van der Waals surface area (Å²) in [5.74, 6) is 0. The van der Waals surface area contributed by atoms with E-state index in [0.717, 1.165) is 161 Å². The fourth-order valence-corrected chi connectivity index (χ4v) is 21.0. The summed E-state index contributed by atoms with van der Waals surface area (Å²) in [5, 5.41) is 8.13. The van der Waals surface area contributed by atoms with Crippen LogP contribution in [0.15, 0.2) is 364 Å². The predicted molar refractivity (Wildman–Crippen MR) is 553 cm³/mol. The molecule has 0 aliphatic carbocycles. The molecule has 23 rings (SSSR count). The molecular weight excluding hydrogens is 1560 g/mol. The van der Waals surface area contributed by atoms with Gasteiger partial charge in [-0.1, -0.05) is 316 Å². The first-order valence-corrected chi connectivity index (χ1v) is 45.6. The highest BCUT2D eigenvalue weighted by Crippen LogP contribution is 2.55. The van der Waals surface area contributed by atoms with E-state index in [-0.39, 0.29) is 51.2 Å². The second kappa shape index (κ2) is 29.1. The van der Waals surface area contributed by atoms with Crippen LogP contribution in [0.1, 0.15) is 137 Å². The van der Waals surface area contributed by atoms with Gasteiger partial charge in [-0.2, -0.15) is 0 Å². The molecule has 0 radical (unpaired) electrons. The highest BCUT2D eigenvalue weighted by atomic mass is 15.2. The van der Waals surface area contributed by atoms with Gasteiger partial charge in [0.15, 0.2) is 0 Å². The average molecular weight is 1670 g/mol. The fourth-order valence-electron chi connectivity index (χ4n) is 21.0. The zero-order chi connectivity index (χ0) is 91.7. The molecule has 0 amide bonds. The molecule has 0 saturated heterocycles. The van der Waals surface area contributed by atoms with Gasteiger partial charge in [0.2, 0.25) is 0 Å². The van der Waals surface area contributed by atoms with Gasteiger partial charge in [-0.3, -0.25) is 0 Å². The summed E-state index contributed by atoms with van der Waals surface area (Å²) in [4.78, 5) is 5.19. The molecule has 0 fully saturated rings. The molecule has 6 heterocycles. The van der Waals surface area contributed by atoms with Crippen LogP contribution in [-0.2, 0) is 27.1 Å². The molecule has 129 heavy (non-hydrogen) atoms. The Morgan fingerprint density at radius 2 is 0.543 bits per heavy atom. The lowest BCUT2D eigenvalue weighted by Crippen LogP contribution is -2.61. The van der Waals surface area contributed by atoms with Crippen molar-refractivity contribution < 1.29 is 5.48 Å². The maximum absolute atomic E-state index is 10.7. The first-order chi connectivity index (χ1) is 63.8.